The number of aromatic nitrogens is 2. The van der Waals surface area contributed by atoms with Gasteiger partial charge in [-0.15, -0.1) is 11.3 Å². The molecule has 148 valence electrons. The lowest BCUT2D eigenvalue weighted by Crippen LogP contribution is -2.54. The molecule has 2 aromatic heterocycles. The number of hydrogen-bond donors (Lipinski definition) is 2. The van der Waals surface area contributed by atoms with Crippen molar-refractivity contribution in [1.82, 2.24) is 15.1 Å². The molecule has 5 nitrogen and oxygen atoms in total. The van der Waals surface area contributed by atoms with Crippen LogP contribution < -0.4 is 11.1 Å². The van der Waals surface area contributed by atoms with E-state index >= 15 is 0 Å². The summed E-state index contributed by atoms with van der Waals surface area (Å²) in [7, 11) is 1.72. The third kappa shape index (κ3) is 4.35. The highest BCUT2D eigenvalue weighted by atomic mass is 35.5. The Bertz CT molecular complexity index is 1030. The number of aryl methyl sites for hydroxylation is 1. The van der Waals surface area contributed by atoms with Gasteiger partial charge >= 0.3 is 0 Å². The Hall–Kier alpha value is -2.00. The average Bonchev–Trinajstić information content (AvgIpc) is 3.12. The number of halogens is 4. The second-order valence-corrected chi connectivity index (χ2v) is 8.62. The zero-order valence-electron chi connectivity index (χ0n) is 14.9. The lowest BCUT2D eigenvalue weighted by atomic mass is 10.0. The summed E-state index contributed by atoms with van der Waals surface area (Å²) in [5, 5.41) is 7.16. The first-order chi connectivity index (χ1) is 13.1. The Balaban J connectivity index is 1.79. The van der Waals surface area contributed by atoms with Crippen molar-refractivity contribution < 1.29 is 13.6 Å². The molecule has 1 atom stereocenters. The van der Waals surface area contributed by atoms with Crippen LogP contribution in [0.1, 0.15) is 22.2 Å². The molecular formula is C18H16Cl2F2N4OS. The predicted octanol–water partition coefficient (Wildman–Crippen LogP) is 4.38. The summed E-state index contributed by atoms with van der Waals surface area (Å²) in [6.07, 6.45) is 1.60. The Morgan fingerprint density at radius 3 is 2.64 bits per heavy atom. The highest BCUT2D eigenvalue weighted by Gasteiger charge is 2.25. The summed E-state index contributed by atoms with van der Waals surface area (Å²) in [5.41, 5.74) is 6.59. The van der Waals surface area contributed by atoms with E-state index in [2.05, 4.69) is 10.4 Å². The van der Waals surface area contributed by atoms with Gasteiger partial charge in [-0.1, -0.05) is 29.3 Å². The summed E-state index contributed by atoms with van der Waals surface area (Å²) in [4.78, 5) is 13.0. The van der Waals surface area contributed by atoms with E-state index in [0.29, 0.717) is 31.1 Å². The molecule has 1 amide bonds. The van der Waals surface area contributed by atoms with Gasteiger partial charge < -0.3 is 11.1 Å². The minimum atomic E-state index is -1.19. The van der Waals surface area contributed by atoms with E-state index in [9.17, 15) is 13.6 Å². The SMILES string of the molecule is Cn1ncc(Cl)c1-c1cc(C(=O)N[C@](C)(N)Cc2ccc(F)c(F)c2)sc1Cl. The number of carbonyl (C=O) groups excluding carboxylic acids is 1. The molecule has 0 aliphatic heterocycles. The molecule has 0 radical (unpaired) electrons. The van der Waals surface area contributed by atoms with E-state index < -0.39 is 23.2 Å². The molecule has 0 saturated heterocycles. The van der Waals surface area contributed by atoms with Gasteiger partial charge in [0.2, 0.25) is 0 Å². The van der Waals surface area contributed by atoms with Gasteiger partial charge in [0.25, 0.3) is 5.91 Å². The zero-order chi connectivity index (χ0) is 20.6. The highest BCUT2D eigenvalue weighted by molar-refractivity contribution is 7.18. The average molecular weight is 445 g/mol. The molecule has 0 spiro atoms. The number of rotatable bonds is 5. The molecule has 0 fully saturated rings. The molecule has 0 aliphatic carbocycles. The summed E-state index contributed by atoms with van der Waals surface area (Å²) >= 11 is 13.5. The van der Waals surface area contributed by atoms with Crippen molar-refractivity contribution >= 4 is 40.4 Å². The largest absolute Gasteiger partial charge is 0.333 e. The van der Waals surface area contributed by atoms with Crippen LogP contribution in [-0.4, -0.2) is 21.4 Å². The van der Waals surface area contributed by atoms with Crippen molar-refractivity contribution in [1.29, 1.82) is 0 Å². The first-order valence-corrected chi connectivity index (χ1v) is 9.67. The normalized spacial score (nSPS) is 13.4. The van der Waals surface area contributed by atoms with Crippen LogP contribution in [-0.2, 0) is 13.5 Å². The van der Waals surface area contributed by atoms with Crippen molar-refractivity contribution in [3.63, 3.8) is 0 Å². The van der Waals surface area contributed by atoms with Crippen LogP contribution >= 0.6 is 34.5 Å². The number of nitrogens with two attached hydrogens (primary N) is 1. The molecule has 28 heavy (non-hydrogen) atoms. The molecule has 3 N–H and O–H groups in total. The number of thiophene rings is 1. The van der Waals surface area contributed by atoms with Crippen LogP contribution in [0.3, 0.4) is 0 Å². The van der Waals surface area contributed by atoms with Crippen molar-refractivity contribution in [2.24, 2.45) is 12.8 Å². The van der Waals surface area contributed by atoms with E-state index in [-0.39, 0.29) is 6.42 Å². The van der Waals surface area contributed by atoms with Crippen LogP contribution in [0.2, 0.25) is 9.36 Å². The molecule has 3 aromatic rings. The highest BCUT2D eigenvalue weighted by Crippen LogP contribution is 2.38. The summed E-state index contributed by atoms with van der Waals surface area (Å²) in [5.74, 6) is -2.35. The van der Waals surface area contributed by atoms with E-state index in [1.807, 2.05) is 0 Å². The van der Waals surface area contributed by atoms with Crippen LogP contribution in [0.15, 0.2) is 30.5 Å². The standard InChI is InChI=1S/C18H16Cl2F2N4OS/c1-18(23,7-9-3-4-12(21)13(22)5-9)25-17(27)14-6-10(16(20)28-14)15-11(19)8-24-26(15)2/h3-6,8H,7,23H2,1-2H3,(H,25,27)/t18-/m0/s1. The lowest BCUT2D eigenvalue weighted by molar-refractivity contribution is 0.0912. The Morgan fingerprint density at radius 1 is 1.32 bits per heavy atom. The maximum absolute atomic E-state index is 13.4. The summed E-state index contributed by atoms with van der Waals surface area (Å²) in [6, 6.07) is 5.10. The fourth-order valence-electron chi connectivity index (χ4n) is 2.79. The minimum Gasteiger partial charge on any atom is -0.333 e. The van der Waals surface area contributed by atoms with Crippen molar-refractivity contribution in [2.75, 3.05) is 0 Å². The number of amides is 1. The molecular weight excluding hydrogens is 429 g/mol. The molecule has 0 bridgehead atoms. The van der Waals surface area contributed by atoms with Crippen LogP contribution in [0.5, 0.6) is 0 Å². The fourth-order valence-corrected chi connectivity index (χ4v) is 4.23. The van der Waals surface area contributed by atoms with Crippen LogP contribution in [0, 0.1) is 11.6 Å². The van der Waals surface area contributed by atoms with E-state index in [1.54, 1.807) is 24.7 Å². The first kappa shape index (κ1) is 20.7. The van der Waals surface area contributed by atoms with Crippen molar-refractivity contribution in [2.45, 2.75) is 19.0 Å². The maximum Gasteiger partial charge on any atom is 0.262 e. The third-order valence-corrected chi connectivity index (χ3v) is 5.65. The Morgan fingerprint density at radius 2 is 2.04 bits per heavy atom. The smallest absolute Gasteiger partial charge is 0.262 e. The molecule has 0 saturated carbocycles. The van der Waals surface area contributed by atoms with Gasteiger partial charge in [-0.25, -0.2) is 8.78 Å². The lowest BCUT2D eigenvalue weighted by Gasteiger charge is -2.26. The van der Waals surface area contributed by atoms with Gasteiger partial charge in [-0.05, 0) is 30.7 Å². The number of hydrogen-bond acceptors (Lipinski definition) is 4. The second kappa shape index (κ2) is 7.79. The molecule has 10 heteroatoms. The van der Waals surface area contributed by atoms with Gasteiger partial charge in [0.05, 0.1) is 27.5 Å². The van der Waals surface area contributed by atoms with Crippen molar-refractivity contribution in [3.8, 4) is 11.3 Å². The van der Waals surface area contributed by atoms with Gasteiger partial charge in [0.15, 0.2) is 11.6 Å². The summed E-state index contributed by atoms with van der Waals surface area (Å²) < 4.78 is 28.4. The van der Waals surface area contributed by atoms with E-state index in [1.165, 1.54) is 12.3 Å². The number of nitrogens with zero attached hydrogens (tertiary/aromatic N) is 2. The van der Waals surface area contributed by atoms with Crippen LogP contribution in [0.4, 0.5) is 8.78 Å². The second-order valence-electron chi connectivity index (χ2n) is 6.56. The fraction of sp³-hybridized carbons (Fsp3) is 0.222. The Kier molecular flexibility index (Phi) is 5.77. The number of benzene rings is 1. The zero-order valence-corrected chi connectivity index (χ0v) is 17.2. The van der Waals surface area contributed by atoms with Gasteiger partial charge in [0, 0.05) is 19.0 Å². The van der Waals surface area contributed by atoms with Crippen LogP contribution in [0.25, 0.3) is 11.3 Å². The Labute approximate surface area is 174 Å². The molecule has 1 aromatic carbocycles. The topological polar surface area (TPSA) is 72.9 Å². The number of carbonyl (C=O) groups is 1. The third-order valence-electron chi connectivity index (χ3n) is 4.01. The van der Waals surface area contributed by atoms with Gasteiger partial charge in [-0.2, -0.15) is 5.10 Å². The predicted molar refractivity (Wildman–Crippen MR) is 107 cm³/mol. The molecule has 0 unspecified atom stereocenters. The van der Waals surface area contributed by atoms with Gasteiger partial charge in [0.1, 0.15) is 4.34 Å². The van der Waals surface area contributed by atoms with E-state index in [0.717, 1.165) is 23.5 Å². The van der Waals surface area contributed by atoms with E-state index in [4.69, 9.17) is 28.9 Å². The molecule has 0 aliphatic rings. The quantitative estimate of drug-likeness (QED) is 0.573. The maximum atomic E-state index is 13.4. The van der Waals surface area contributed by atoms with Gasteiger partial charge in [-0.3, -0.25) is 9.48 Å². The summed E-state index contributed by atoms with van der Waals surface area (Å²) in [6.45, 7) is 1.58. The van der Waals surface area contributed by atoms with Crippen molar-refractivity contribution in [3.05, 3.63) is 61.9 Å². The minimum absolute atomic E-state index is 0.107. The number of nitrogens with one attached hydrogen (secondary N) is 1. The molecule has 3 rings (SSSR count). The molecule has 2 heterocycles. The monoisotopic (exact) mass is 444 g/mol. The first-order valence-electron chi connectivity index (χ1n) is 8.10.